The number of phenols is 4. The summed E-state index contributed by atoms with van der Waals surface area (Å²) in [5.41, 5.74) is -10.7. The van der Waals surface area contributed by atoms with Gasteiger partial charge in [0.15, 0.2) is 0 Å². The van der Waals surface area contributed by atoms with E-state index in [0.717, 1.165) is 76.6 Å². The van der Waals surface area contributed by atoms with Crippen molar-refractivity contribution in [2.45, 2.75) is 238 Å². The van der Waals surface area contributed by atoms with Crippen molar-refractivity contribution in [1.29, 1.82) is 10.8 Å². The summed E-state index contributed by atoms with van der Waals surface area (Å²) in [6.45, 7) is 20.5. The van der Waals surface area contributed by atoms with E-state index in [0.29, 0.717) is 23.1 Å². The summed E-state index contributed by atoms with van der Waals surface area (Å²) in [6.07, 6.45) is 15.2. The lowest BCUT2D eigenvalue weighted by Crippen LogP contribution is -2.79. The first kappa shape index (κ1) is 64.6. The molecule has 4 atom stereocenters. The van der Waals surface area contributed by atoms with Crippen LogP contribution in [0.4, 0.5) is 0 Å². The Bertz CT molecular complexity index is 3540. The van der Waals surface area contributed by atoms with Crippen LogP contribution in [0.3, 0.4) is 0 Å². The van der Waals surface area contributed by atoms with E-state index in [2.05, 4.69) is 27.7 Å². The summed E-state index contributed by atoms with van der Waals surface area (Å²) in [5.74, 6) is -2.82. The molecule has 476 valence electrons. The van der Waals surface area contributed by atoms with Crippen molar-refractivity contribution in [1.82, 2.24) is 0 Å². The van der Waals surface area contributed by atoms with Crippen LogP contribution in [0.25, 0.3) is 0 Å². The zero-order valence-corrected chi connectivity index (χ0v) is 53.9. The molecule has 10 rings (SSSR count). The highest BCUT2D eigenvalue weighted by Gasteiger charge is 2.81. The first-order chi connectivity index (χ1) is 42.1. The molecule has 4 heterocycles. The zero-order chi connectivity index (χ0) is 64.3. The second-order valence-electron chi connectivity index (χ2n) is 28.8. The number of esters is 4. The number of fused-ring (bicyclic) bond motifs is 12. The van der Waals surface area contributed by atoms with E-state index in [-0.39, 0.29) is 150 Å². The monoisotopic (exact) mass is 1220 g/mol. The van der Waals surface area contributed by atoms with Crippen LogP contribution >= 0.6 is 0 Å². The molecule has 0 amide bonds. The van der Waals surface area contributed by atoms with Crippen LogP contribution in [-0.2, 0) is 40.8 Å². The quantitative estimate of drug-likeness (QED) is 0.0519. The summed E-state index contributed by atoms with van der Waals surface area (Å²) in [6, 6.07) is 12.9. The van der Waals surface area contributed by atoms with Crippen molar-refractivity contribution in [3.8, 4) is 46.0 Å². The van der Waals surface area contributed by atoms with E-state index in [1.165, 1.54) is 12.1 Å². The molecule has 4 unspecified atom stereocenters. The number of nitrogens with one attached hydrogen (secondary N) is 2. The minimum atomic E-state index is -1.80. The standard InChI is InChI=1S/C73H92N4O12/c1-11-70-27-23-58(78)86-50-31-44(39-74)62(82)54(35-50)66(3,4)72(43-70,67(5,6)55-36-52(88-59(79)24-28-70)33-46(64(55)84)41-76-48-19-15-13-16-20-48)73-68(7,8)56-37-51(32-45(40-75)63(56)83)87-60(80)25-29-71(73,12-2)30-26-61(81)89-53-34-47(42-77-49-21-17-14-18-22-49)65(85)57(38-53)69(73,9)10/h31-42,48-49,74-75,82-85H,11-30,43H2,1-10H3. The highest BCUT2D eigenvalue weighted by Crippen LogP contribution is 2.84. The number of rotatable bonds is 9. The van der Waals surface area contributed by atoms with Gasteiger partial charge in [0.1, 0.15) is 46.0 Å². The summed E-state index contributed by atoms with van der Waals surface area (Å²) in [5, 5.41) is 72.5. The van der Waals surface area contributed by atoms with Crippen molar-refractivity contribution >= 4 is 48.7 Å². The van der Waals surface area contributed by atoms with Crippen molar-refractivity contribution in [2.75, 3.05) is 0 Å². The number of aliphatic imine (C=N–C) groups is 2. The lowest BCUT2D eigenvalue weighted by atomic mass is 9.22. The van der Waals surface area contributed by atoms with E-state index in [4.69, 9.17) is 39.8 Å². The molecule has 4 aromatic rings. The van der Waals surface area contributed by atoms with Crippen molar-refractivity contribution in [3.63, 3.8) is 0 Å². The Morgan fingerprint density at radius 1 is 0.449 bits per heavy atom. The fourth-order valence-electron chi connectivity index (χ4n) is 19.3. The van der Waals surface area contributed by atoms with Gasteiger partial charge in [-0.15, -0.1) is 0 Å². The minimum Gasteiger partial charge on any atom is -0.507 e. The van der Waals surface area contributed by atoms with Crippen LogP contribution < -0.4 is 18.9 Å². The molecule has 2 fully saturated rings. The second kappa shape index (κ2) is 24.1. The number of ether oxygens (including phenoxy) is 4. The van der Waals surface area contributed by atoms with E-state index in [9.17, 15) is 30.0 Å². The predicted molar refractivity (Wildman–Crippen MR) is 344 cm³/mol. The molecule has 4 aromatic carbocycles. The molecule has 0 spiro atoms. The summed E-state index contributed by atoms with van der Waals surface area (Å²) in [7, 11) is 0. The van der Waals surface area contributed by atoms with Gasteiger partial charge in [-0.05, 0) is 129 Å². The van der Waals surface area contributed by atoms with Crippen LogP contribution in [0.2, 0.25) is 0 Å². The smallest absolute Gasteiger partial charge is 0.311 e. The third-order valence-corrected chi connectivity index (χ3v) is 23.2. The maximum absolute atomic E-state index is 15.3. The summed E-state index contributed by atoms with van der Waals surface area (Å²) in [4.78, 5) is 70.3. The molecule has 6 aliphatic rings. The van der Waals surface area contributed by atoms with E-state index in [1.54, 1.807) is 48.8 Å². The van der Waals surface area contributed by atoms with E-state index in [1.807, 2.05) is 41.5 Å². The normalized spacial score (nSPS) is 27.3. The van der Waals surface area contributed by atoms with Crippen molar-refractivity contribution in [2.24, 2.45) is 31.6 Å². The van der Waals surface area contributed by atoms with Crippen LogP contribution in [0.5, 0.6) is 46.0 Å². The molecule has 10 bridgehead atoms. The topological polar surface area (TPSA) is 259 Å². The Balaban J connectivity index is 1.54. The zero-order valence-electron chi connectivity index (χ0n) is 53.9. The van der Waals surface area contributed by atoms with E-state index < -0.39 is 67.2 Å². The average Bonchev–Trinajstić information content (AvgIpc) is 0.821. The molecular weight excluding hydrogens is 1120 g/mol. The average molecular weight is 1220 g/mol. The fourth-order valence-corrected chi connectivity index (χ4v) is 19.3. The number of hydrogen-bond acceptors (Lipinski definition) is 16. The van der Waals surface area contributed by atoms with Gasteiger partial charge in [0.25, 0.3) is 0 Å². The van der Waals surface area contributed by atoms with Crippen molar-refractivity contribution in [3.05, 3.63) is 93.0 Å². The van der Waals surface area contributed by atoms with Crippen molar-refractivity contribution < 1.29 is 58.6 Å². The summed E-state index contributed by atoms with van der Waals surface area (Å²) < 4.78 is 25.5. The maximum atomic E-state index is 15.3. The number of carbonyl (C=O) groups excluding carboxylic acids is 4. The van der Waals surface area contributed by atoms with Gasteiger partial charge in [0, 0.05) is 134 Å². The molecule has 16 heteroatoms. The predicted octanol–water partition coefficient (Wildman–Crippen LogP) is 15.2. The molecule has 2 aliphatic carbocycles. The Morgan fingerprint density at radius 2 is 0.764 bits per heavy atom. The third-order valence-electron chi connectivity index (χ3n) is 23.2. The van der Waals surface area contributed by atoms with Gasteiger partial charge in [-0.2, -0.15) is 0 Å². The minimum absolute atomic E-state index is 0.0146. The van der Waals surface area contributed by atoms with Gasteiger partial charge in [-0.25, -0.2) is 0 Å². The molecule has 89 heavy (non-hydrogen) atoms. The van der Waals surface area contributed by atoms with Crippen LogP contribution in [0.15, 0.2) is 58.5 Å². The lowest BCUT2D eigenvalue weighted by Gasteiger charge is -2.80. The fraction of sp³-hybridized carbons (Fsp3) is 0.562. The molecule has 0 aromatic heterocycles. The summed E-state index contributed by atoms with van der Waals surface area (Å²) >= 11 is 0. The van der Waals surface area contributed by atoms with Gasteiger partial charge >= 0.3 is 23.9 Å². The number of nitrogens with zero attached hydrogens (tertiary/aromatic N) is 2. The molecule has 2 saturated carbocycles. The number of phenolic OH excluding ortho intramolecular Hbond substituents is 4. The Hall–Kier alpha value is -7.36. The third kappa shape index (κ3) is 10.6. The molecule has 6 N–H and O–H groups in total. The van der Waals surface area contributed by atoms with Crippen LogP contribution in [0.1, 0.15) is 249 Å². The lowest BCUT2D eigenvalue weighted by molar-refractivity contribution is -0.263. The molecule has 4 aliphatic heterocycles. The van der Waals surface area contributed by atoms with E-state index >= 15 is 9.59 Å². The van der Waals surface area contributed by atoms with Gasteiger partial charge in [0.2, 0.25) is 0 Å². The number of aromatic hydroxyl groups is 4. The van der Waals surface area contributed by atoms with Crippen LogP contribution in [0, 0.1) is 32.5 Å². The van der Waals surface area contributed by atoms with Gasteiger partial charge in [-0.3, -0.25) is 29.2 Å². The molecule has 16 nitrogen and oxygen atoms in total. The maximum Gasteiger partial charge on any atom is 0.311 e. The van der Waals surface area contributed by atoms with Gasteiger partial charge in [0.05, 0.1) is 0 Å². The molecular formula is C73H92N4O12. The Morgan fingerprint density at radius 3 is 1.09 bits per heavy atom. The SMILES string of the molecule is CCC12CCC(=O)Oc3cc(C=N)c(O)c(c3)C(C)(C)C(C34C(CC)(CCC(=O)Oc5cc(C=N)c(O)c(c5)C3(C)C)CCC(=O)Oc3cc(C=NC5CCCCC5)c(O)c(c3)C4(C)C)(C1)C(C)(C)c1cc(cc(C=NC3CCCCC3)c1O)OC(=O)CC2. The highest BCUT2D eigenvalue weighted by molar-refractivity contribution is 5.89. The Labute approximate surface area is 524 Å². The molecule has 0 saturated heterocycles. The largest absolute Gasteiger partial charge is 0.507 e. The van der Waals surface area contributed by atoms with Gasteiger partial charge in [-0.1, -0.05) is 114 Å². The Kier molecular flexibility index (Phi) is 17.5. The highest BCUT2D eigenvalue weighted by atomic mass is 16.5. The number of carbonyl (C=O) groups is 4. The first-order valence-corrected chi connectivity index (χ1v) is 32.5. The number of benzene rings is 4. The van der Waals surface area contributed by atoms with Gasteiger partial charge < -0.3 is 50.2 Å². The van der Waals surface area contributed by atoms with Crippen LogP contribution in [-0.4, -0.2) is 81.2 Å². The molecule has 0 radical (unpaired) electrons. The number of hydrogen-bond donors (Lipinski definition) is 6. The first-order valence-electron chi connectivity index (χ1n) is 32.5. The second-order valence-corrected chi connectivity index (χ2v) is 28.8.